The average Bonchev–Trinajstić information content (AvgIpc) is 3.25. The quantitative estimate of drug-likeness (QED) is 0.368. The van der Waals surface area contributed by atoms with Crippen LogP contribution in [-0.4, -0.2) is 78.2 Å². The lowest BCUT2D eigenvalue weighted by atomic mass is 9.87. The van der Waals surface area contributed by atoms with E-state index in [-0.39, 0.29) is 49.0 Å². The highest BCUT2D eigenvalue weighted by Gasteiger charge is 2.36. The average molecular weight is 621 g/mol. The van der Waals surface area contributed by atoms with Gasteiger partial charge >= 0.3 is 0 Å². The van der Waals surface area contributed by atoms with Gasteiger partial charge in [-0.25, -0.2) is 4.98 Å². The lowest BCUT2D eigenvalue weighted by Gasteiger charge is -2.47. The largest absolute Gasteiger partial charge is 0.356 e. The molecule has 1 aliphatic carbocycles. The van der Waals surface area contributed by atoms with Crippen molar-refractivity contribution in [3.05, 3.63) is 12.3 Å². The second-order valence-electron chi connectivity index (χ2n) is 11.7. The first-order chi connectivity index (χ1) is 18.3. The molecule has 2 atom stereocenters. The Balaban J connectivity index is 0.00000187. The Morgan fingerprint density at radius 3 is 2.30 bits per heavy atom. The van der Waals surface area contributed by atoms with E-state index in [0.717, 1.165) is 70.2 Å². The molecule has 0 radical (unpaired) electrons. The fourth-order valence-corrected chi connectivity index (χ4v) is 7.12. The lowest BCUT2D eigenvalue weighted by Crippen LogP contribution is -2.56. The van der Waals surface area contributed by atoms with Crippen molar-refractivity contribution in [1.29, 1.82) is 0 Å². The van der Waals surface area contributed by atoms with Crippen LogP contribution in [0.1, 0.15) is 89.9 Å². The van der Waals surface area contributed by atoms with Crippen LogP contribution in [0.15, 0.2) is 12.3 Å². The summed E-state index contributed by atoms with van der Waals surface area (Å²) in [6.07, 6.45) is 19.0. The number of nitrogens with one attached hydrogen (secondary N) is 3. The van der Waals surface area contributed by atoms with E-state index < -0.39 is 0 Å². The maximum atomic E-state index is 12.8. The first kappa shape index (κ1) is 35.1. The van der Waals surface area contributed by atoms with Crippen LogP contribution in [0.3, 0.4) is 0 Å². The van der Waals surface area contributed by atoms with Crippen LogP contribution >= 0.6 is 37.2 Å². The van der Waals surface area contributed by atoms with Crippen molar-refractivity contribution in [2.45, 2.75) is 108 Å². The minimum Gasteiger partial charge on any atom is -0.356 e. The molecule has 0 bridgehead atoms. The zero-order valence-electron chi connectivity index (χ0n) is 24.0. The molecule has 4 heterocycles. The van der Waals surface area contributed by atoms with Gasteiger partial charge < -0.3 is 20.9 Å². The monoisotopic (exact) mass is 619 g/mol. The Kier molecular flexibility index (Phi) is 16.2. The molecule has 0 aromatic carbocycles. The number of halogens is 3. The second kappa shape index (κ2) is 18.5. The Bertz CT molecular complexity index is 847. The molecule has 3 saturated heterocycles. The van der Waals surface area contributed by atoms with Crippen molar-refractivity contribution in [2.75, 3.05) is 49.5 Å². The van der Waals surface area contributed by atoms with Crippen molar-refractivity contribution in [2.24, 2.45) is 5.92 Å². The highest BCUT2D eigenvalue weighted by Crippen LogP contribution is 2.31. The molecule has 0 spiro atoms. The Morgan fingerprint density at radius 2 is 1.57 bits per heavy atom. The summed E-state index contributed by atoms with van der Waals surface area (Å²) >= 11 is 0. The zero-order valence-corrected chi connectivity index (χ0v) is 26.5. The van der Waals surface area contributed by atoms with Crippen molar-refractivity contribution < 1.29 is 4.79 Å². The molecule has 3 N–H and O–H groups in total. The molecule has 1 aromatic rings. The summed E-state index contributed by atoms with van der Waals surface area (Å²) in [5.41, 5.74) is 0. The molecule has 4 aliphatic rings. The van der Waals surface area contributed by atoms with Crippen LogP contribution in [-0.2, 0) is 4.79 Å². The Morgan fingerprint density at radius 1 is 0.875 bits per heavy atom. The number of anilines is 2. The number of hydrogen-bond acceptors (Lipinski definition) is 7. The van der Waals surface area contributed by atoms with E-state index in [1.807, 2.05) is 6.20 Å². The number of carbonyl (C=O) groups excluding carboxylic acids is 1. The molecule has 4 fully saturated rings. The van der Waals surface area contributed by atoms with Gasteiger partial charge in [0.25, 0.3) is 0 Å². The summed E-state index contributed by atoms with van der Waals surface area (Å²) in [6, 6.07) is 3.45. The van der Waals surface area contributed by atoms with Crippen LogP contribution < -0.4 is 20.9 Å². The maximum absolute atomic E-state index is 12.8. The van der Waals surface area contributed by atoms with Gasteiger partial charge in [-0.1, -0.05) is 32.1 Å². The lowest BCUT2D eigenvalue weighted by molar-refractivity contribution is -0.125. The number of nitrogens with zero attached hydrogens (tertiary/aromatic N) is 4. The summed E-state index contributed by atoms with van der Waals surface area (Å²) in [5, 5.41) is 10.5. The van der Waals surface area contributed by atoms with Crippen LogP contribution in [0.4, 0.5) is 11.8 Å². The number of likely N-dealkylation sites (tertiary alicyclic amines) is 1. The molecule has 11 heteroatoms. The predicted octanol–water partition coefficient (Wildman–Crippen LogP) is 5.21. The molecule has 5 rings (SSSR count). The third-order valence-corrected chi connectivity index (χ3v) is 9.20. The summed E-state index contributed by atoms with van der Waals surface area (Å²) in [4.78, 5) is 27.7. The van der Waals surface area contributed by atoms with Crippen LogP contribution in [0.25, 0.3) is 0 Å². The minimum absolute atomic E-state index is 0. The standard InChI is InChI=1S/C29H49N7O.3ClH/c37-28(23-12-16-30-17-13-23)31-18-14-26-25(11-8-22-36(26)24-9-4-3-5-10-24)33-29-32-19-15-27(34-29)35-20-6-1-2-7-21-35;;;/h15,19,23-26,30H,1-14,16-18,20-22H2,(H,31,37)(H,32,33,34);3*1H/t25-,26-;;;/m0.../s1. The first-order valence-electron chi connectivity index (χ1n) is 15.4. The van der Waals surface area contributed by atoms with Crippen LogP contribution in [0.5, 0.6) is 0 Å². The van der Waals surface area contributed by atoms with Gasteiger partial charge in [0.2, 0.25) is 11.9 Å². The van der Waals surface area contributed by atoms with Gasteiger partial charge in [0, 0.05) is 49.9 Å². The molecular weight excluding hydrogens is 569 g/mol. The maximum Gasteiger partial charge on any atom is 0.224 e. The van der Waals surface area contributed by atoms with E-state index in [9.17, 15) is 4.79 Å². The Hall–Kier alpha value is -1.06. The van der Waals surface area contributed by atoms with E-state index in [0.29, 0.717) is 18.1 Å². The zero-order chi connectivity index (χ0) is 25.3. The first-order valence-corrected chi connectivity index (χ1v) is 15.4. The topological polar surface area (TPSA) is 85.4 Å². The Labute approximate surface area is 260 Å². The normalized spacial score (nSPS) is 24.9. The van der Waals surface area contributed by atoms with Gasteiger partial charge in [0.05, 0.1) is 0 Å². The van der Waals surface area contributed by atoms with Gasteiger partial charge in [-0.05, 0) is 83.5 Å². The highest BCUT2D eigenvalue weighted by atomic mass is 35.5. The molecule has 1 amide bonds. The molecular formula is C29H52Cl3N7O. The third kappa shape index (κ3) is 9.75. The fraction of sp³-hybridized carbons (Fsp3) is 0.828. The second-order valence-corrected chi connectivity index (χ2v) is 11.7. The van der Waals surface area contributed by atoms with Crippen molar-refractivity contribution >= 4 is 54.9 Å². The van der Waals surface area contributed by atoms with Gasteiger partial charge in [-0.15, -0.1) is 37.2 Å². The molecule has 0 unspecified atom stereocenters. The van der Waals surface area contributed by atoms with E-state index in [2.05, 4.69) is 36.8 Å². The molecule has 1 aromatic heterocycles. The number of hydrogen-bond donors (Lipinski definition) is 3. The highest BCUT2D eigenvalue weighted by molar-refractivity contribution is 5.86. The molecule has 3 aliphatic heterocycles. The van der Waals surface area contributed by atoms with Gasteiger partial charge in [0.15, 0.2) is 0 Å². The molecule has 40 heavy (non-hydrogen) atoms. The van der Waals surface area contributed by atoms with Crippen LogP contribution in [0.2, 0.25) is 0 Å². The molecule has 230 valence electrons. The smallest absolute Gasteiger partial charge is 0.224 e. The van der Waals surface area contributed by atoms with Gasteiger partial charge in [-0.2, -0.15) is 4.98 Å². The number of aromatic nitrogens is 2. The molecule has 1 saturated carbocycles. The summed E-state index contributed by atoms with van der Waals surface area (Å²) in [6.45, 7) is 6.02. The SMILES string of the molecule is Cl.Cl.Cl.O=C(NCC[C@H]1[C@@H](Nc2nccc(N3CCCCCC3)n2)CCCN1C1CCCCC1)C1CCNCC1. The van der Waals surface area contributed by atoms with Crippen LogP contribution in [0, 0.1) is 5.92 Å². The van der Waals surface area contributed by atoms with Crippen molar-refractivity contribution in [3.63, 3.8) is 0 Å². The number of amides is 1. The van der Waals surface area contributed by atoms with Crippen molar-refractivity contribution in [1.82, 2.24) is 25.5 Å². The number of rotatable bonds is 8. The summed E-state index contributed by atoms with van der Waals surface area (Å²) in [7, 11) is 0. The summed E-state index contributed by atoms with van der Waals surface area (Å²) in [5.74, 6) is 2.25. The minimum atomic E-state index is 0. The summed E-state index contributed by atoms with van der Waals surface area (Å²) < 4.78 is 0. The van der Waals surface area contributed by atoms with E-state index in [4.69, 9.17) is 4.98 Å². The van der Waals surface area contributed by atoms with Gasteiger partial charge in [0.1, 0.15) is 5.82 Å². The van der Waals surface area contributed by atoms with Gasteiger partial charge in [-0.3, -0.25) is 9.69 Å². The third-order valence-electron chi connectivity index (χ3n) is 9.20. The molecule has 8 nitrogen and oxygen atoms in total. The van der Waals surface area contributed by atoms with E-state index >= 15 is 0 Å². The van der Waals surface area contributed by atoms with E-state index in [1.54, 1.807) is 0 Å². The van der Waals surface area contributed by atoms with Crippen molar-refractivity contribution in [3.8, 4) is 0 Å². The predicted molar refractivity (Wildman–Crippen MR) is 172 cm³/mol. The fourth-order valence-electron chi connectivity index (χ4n) is 7.12. The number of carbonyl (C=O) groups is 1. The van der Waals surface area contributed by atoms with E-state index in [1.165, 1.54) is 70.8 Å². The number of piperidine rings is 2.